The third-order valence-electron chi connectivity index (χ3n) is 3.62. The first-order valence-electron chi connectivity index (χ1n) is 7.24. The molecule has 0 amide bonds. The zero-order chi connectivity index (χ0) is 19.6. The Morgan fingerprint density at radius 1 is 1.19 bits per heavy atom. The minimum absolute atomic E-state index is 0.0794. The van der Waals surface area contributed by atoms with Crippen LogP contribution in [-0.4, -0.2) is 17.0 Å². The van der Waals surface area contributed by atoms with E-state index in [2.05, 4.69) is 15.9 Å². The van der Waals surface area contributed by atoms with Gasteiger partial charge < -0.3 is 5.11 Å². The summed E-state index contributed by atoms with van der Waals surface area (Å²) in [6.07, 6.45) is 2.80. The lowest BCUT2D eigenvalue weighted by atomic mass is 9.92. The van der Waals surface area contributed by atoms with Gasteiger partial charge >= 0.3 is 5.97 Å². The van der Waals surface area contributed by atoms with Crippen LogP contribution >= 0.6 is 50.7 Å². The first kappa shape index (κ1) is 21.2. The minimum atomic E-state index is -3.09. The fourth-order valence-electron chi connectivity index (χ4n) is 2.34. The molecular formula is C18H12BrCl3F2O2. The predicted octanol–water partition coefficient (Wildman–Crippen LogP) is 7.56. The lowest BCUT2D eigenvalue weighted by Crippen LogP contribution is -2.20. The molecule has 0 aromatic heterocycles. The smallest absolute Gasteiger partial charge is 0.336 e. The summed E-state index contributed by atoms with van der Waals surface area (Å²) < 4.78 is 28.6. The van der Waals surface area contributed by atoms with E-state index in [9.17, 15) is 13.6 Å². The van der Waals surface area contributed by atoms with Gasteiger partial charge in [-0.15, -0.1) is 0 Å². The summed E-state index contributed by atoms with van der Waals surface area (Å²) in [5, 5.41) is 9.30. The number of allylic oxidation sites excluding steroid dienone is 1. The number of aromatic carboxylic acids is 1. The van der Waals surface area contributed by atoms with E-state index in [0.717, 1.165) is 6.92 Å². The highest BCUT2D eigenvalue weighted by atomic mass is 79.9. The molecule has 0 aliphatic carbocycles. The van der Waals surface area contributed by atoms with Crippen LogP contribution in [-0.2, 0) is 0 Å². The molecule has 1 N–H and O–H groups in total. The lowest BCUT2D eigenvalue weighted by molar-refractivity contribution is 0.00698. The molecule has 0 fully saturated rings. The van der Waals surface area contributed by atoms with Gasteiger partial charge in [-0.25, -0.2) is 13.6 Å². The number of alkyl halides is 2. The largest absolute Gasteiger partial charge is 0.478 e. The SMILES string of the molecule is CC(F)(F)C(C=Cc1ccc(C(=O)O)c(Br)c1)c1cc(Cl)c(Cl)c(Cl)c1. The number of carboxylic acid groups (broad SMARTS) is 1. The molecule has 0 saturated carbocycles. The Bertz CT molecular complexity index is 856. The van der Waals surface area contributed by atoms with Crippen LogP contribution in [0.5, 0.6) is 0 Å². The van der Waals surface area contributed by atoms with Crippen molar-refractivity contribution in [1.82, 2.24) is 0 Å². The minimum Gasteiger partial charge on any atom is -0.478 e. The second-order valence-corrected chi connectivity index (χ2v) is 7.68. The van der Waals surface area contributed by atoms with E-state index in [1.807, 2.05) is 0 Å². The van der Waals surface area contributed by atoms with E-state index in [4.69, 9.17) is 39.9 Å². The Hall–Kier alpha value is -1.14. The van der Waals surface area contributed by atoms with Gasteiger partial charge in [0, 0.05) is 11.4 Å². The van der Waals surface area contributed by atoms with Gasteiger partial charge in [0.1, 0.15) is 0 Å². The predicted molar refractivity (Wildman–Crippen MR) is 105 cm³/mol. The second-order valence-electron chi connectivity index (χ2n) is 5.64. The average Bonchev–Trinajstić information content (AvgIpc) is 2.51. The Morgan fingerprint density at radius 3 is 2.23 bits per heavy atom. The number of halogens is 6. The third kappa shape index (κ3) is 4.97. The highest BCUT2D eigenvalue weighted by Crippen LogP contribution is 2.40. The van der Waals surface area contributed by atoms with E-state index in [0.29, 0.717) is 10.0 Å². The van der Waals surface area contributed by atoms with Crippen LogP contribution in [0.15, 0.2) is 40.9 Å². The van der Waals surface area contributed by atoms with Crippen LogP contribution in [0.2, 0.25) is 15.1 Å². The monoisotopic (exact) mass is 482 g/mol. The molecule has 26 heavy (non-hydrogen) atoms. The van der Waals surface area contributed by atoms with E-state index < -0.39 is 17.8 Å². The third-order valence-corrected chi connectivity index (χ3v) is 5.47. The molecule has 2 aromatic carbocycles. The molecule has 0 radical (unpaired) electrons. The van der Waals surface area contributed by atoms with Crippen molar-refractivity contribution >= 4 is 62.8 Å². The second kappa shape index (κ2) is 8.26. The molecule has 0 aliphatic rings. The maximum absolute atomic E-state index is 14.1. The molecule has 2 rings (SSSR count). The van der Waals surface area contributed by atoms with Gasteiger partial charge in [0.05, 0.1) is 26.5 Å². The lowest BCUT2D eigenvalue weighted by Gasteiger charge is -2.22. The van der Waals surface area contributed by atoms with Crippen molar-refractivity contribution in [2.24, 2.45) is 0 Å². The molecule has 2 aromatic rings. The van der Waals surface area contributed by atoms with E-state index in [1.165, 1.54) is 42.5 Å². The summed E-state index contributed by atoms with van der Waals surface area (Å²) in [5.74, 6) is -5.47. The van der Waals surface area contributed by atoms with Crippen LogP contribution in [0, 0.1) is 0 Å². The highest BCUT2D eigenvalue weighted by molar-refractivity contribution is 9.10. The number of rotatable bonds is 5. The maximum Gasteiger partial charge on any atom is 0.336 e. The number of carbonyl (C=O) groups is 1. The normalized spacial score (nSPS) is 13.2. The Labute approximate surface area is 172 Å². The molecule has 8 heteroatoms. The molecule has 0 bridgehead atoms. The van der Waals surface area contributed by atoms with Crippen LogP contribution < -0.4 is 0 Å². The van der Waals surface area contributed by atoms with Crippen molar-refractivity contribution in [1.29, 1.82) is 0 Å². The molecule has 0 aliphatic heterocycles. The van der Waals surface area contributed by atoms with Gasteiger partial charge in [0.25, 0.3) is 5.92 Å². The Morgan fingerprint density at radius 2 is 1.77 bits per heavy atom. The number of hydrogen-bond donors (Lipinski definition) is 1. The number of benzene rings is 2. The molecule has 138 valence electrons. The van der Waals surface area contributed by atoms with E-state index in [-0.39, 0.29) is 26.2 Å². The van der Waals surface area contributed by atoms with Gasteiger partial charge in [-0.05, 0) is 51.3 Å². The van der Waals surface area contributed by atoms with Crippen LogP contribution in [0.3, 0.4) is 0 Å². The molecule has 0 heterocycles. The first-order valence-corrected chi connectivity index (χ1v) is 9.16. The summed E-state index contributed by atoms with van der Waals surface area (Å²) in [6.45, 7) is 0.794. The van der Waals surface area contributed by atoms with Gasteiger partial charge in [0.15, 0.2) is 0 Å². The summed E-state index contributed by atoms with van der Waals surface area (Å²) in [5.41, 5.74) is 0.854. The Kier molecular flexibility index (Phi) is 6.72. The maximum atomic E-state index is 14.1. The quantitative estimate of drug-likeness (QED) is 0.445. The van der Waals surface area contributed by atoms with E-state index in [1.54, 1.807) is 0 Å². The standard InChI is InChI=1S/C18H12BrCl3F2O2/c1-18(23,24)12(10-7-14(20)16(22)15(21)8-10)5-3-9-2-4-11(17(25)26)13(19)6-9/h2-8,12H,1H3,(H,25,26). The molecule has 1 atom stereocenters. The van der Waals surface area contributed by atoms with Crippen molar-refractivity contribution in [3.8, 4) is 0 Å². The van der Waals surface area contributed by atoms with Crippen LogP contribution in [0.1, 0.15) is 34.3 Å². The molecule has 1 unspecified atom stereocenters. The molecule has 0 spiro atoms. The van der Waals surface area contributed by atoms with Crippen LogP contribution in [0.25, 0.3) is 6.08 Å². The zero-order valence-corrected chi connectivity index (χ0v) is 17.1. The van der Waals surface area contributed by atoms with Gasteiger partial charge in [-0.1, -0.05) is 53.0 Å². The number of hydrogen-bond acceptors (Lipinski definition) is 1. The number of carboxylic acids is 1. The van der Waals surface area contributed by atoms with Crippen molar-refractivity contribution < 1.29 is 18.7 Å². The van der Waals surface area contributed by atoms with Crippen molar-refractivity contribution in [2.75, 3.05) is 0 Å². The van der Waals surface area contributed by atoms with Gasteiger partial charge in [-0.2, -0.15) is 0 Å². The molecule has 0 saturated heterocycles. The first-order chi connectivity index (χ1) is 12.0. The summed E-state index contributed by atoms with van der Waals surface area (Å²) >= 11 is 20.9. The van der Waals surface area contributed by atoms with Gasteiger partial charge in [0.2, 0.25) is 0 Å². The average molecular weight is 485 g/mol. The van der Waals surface area contributed by atoms with E-state index >= 15 is 0 Å². The fraction of sp³-hybridized carbons (Fsp3) is 0.167. The van der Waals surface area contributed by atoms with Crippen LogP contribution in [0.4, 0.5) is 8.78 Å². The molecular weight excluding hydrogens is 472 g/mol. The summed E-state index contributed by atoms with van der Waals surface area (Å²) in [7, 11) is 0. The van der Waals surface area contributed by atoms with Crippen molar-refractivity contribution in [2.45, 2.75) is 18.8 Å². The fourth-order valence-corrected chi connectivity index (χ4v) is 3.52. The van der Waals surface area contributed by atoms with Crippen molar-refractivity contribution in [3.05, 3.63) is 72.6 Å². The highest BCUT2D eigenvalue weighted by Gasteiger charge is 2.34. The Balaban J connectivity index is 2.42. The molecule has 2 nitrogen and oxygen atoms in total. The summed E-state index contributed by atoms with van der Waals surface area (Å²) in [6, 6.07) is 7.16. The summed E-state index contributed by atoms with van der Waals surface area (Å²) in [4.78, 5) is 11.0. The topological polar surface area (TPSA) is 37.3 Å². The van der Waals surface area contributed by atoms with Gasteiger partial charge in [-0.3, -0.25) is 0 Å². The zero-order valence-electron chi connectivity index (χ0n) is 13.2. The van der Waals surface area contributed by atoms with Crippen molar-refractivity contribution in [3.63, 3.8) is 0 Å².